The van der Waals surface area contributed by atoms with Gasteiger partial charge in [0, 0.05) is 5.56 Å². The third-order valence-electron chi connectivity index (χ3n) is 3.24. The number of benzene rings is 2. The van der Waals surface area contributed by atoms with E-state index in [2.05, 4.69) is 11.8 Å². The number of alkyl halides is 3. The fourth-order valence-electron chi connectivity index (χ4n) is 2.11. The average Bonchev–Trinajstić information content (AvgIpc) is 2.45. The fraction of sp³-hybridized carbons (Fsp3) is 0.222. The van der Waals surface area contributed by atoms with Crippen molar-refractivity contribution < 1.29 is 17.6 Å². The third-order valence-corrected chi connectivity index (χ3v) is 3.24. The lowest BCUT2D eigenvalue weighted by Gasteiger charge is -2.06. The monoisotopic (exact) mass is 306 g/mol. The van der Waals surface area contributed by atoms with Gasteiger partial charge in [-0.3, -0.25) is 0 Å². The van der Waals surface area contributed by atoms with E-state index in [1.165, 1.54) is 18.2 Å². The van der Waals surface area contributed by atoms with Gasteiger partial charge in [-0.2, -0.15) is 13.2 Å². The first-order chi connectivity index (χ1) is 10.3. The predicted molar refractivity (Wildman–Crippen MR) is 77.9 cm³/mol. The molecule has 0 amide bonds. The quantitative estimate of drug-likeness (QED) is 0.507. The first kappa shape index (κ1) is 16.1. The summed E-state index contributed by atoms with van der Waals surface area (Å²) < 4.78 is 51.4. The minimum atomic E-state index is -4.37. The minimum Gasteiger partial charge on any atom is -0.206 e. The highest BCUT2D eigenvalue weighted by Gasteiger charge is 2.29. The SMILES string of the molecule is CCc1cc(C)cc(F)c1C#Cc1ccc(C(F)(F)F)cc1. The lowest BCUT2D eigenvalue weighted by Crippen LogP contribution is -2.04. The minimum absolute atomic E-state index is 0.299. The standard InChI is InChI=1S/C18H14F4/c1-3-14-10-12(2)11-17(19)16(14)9-6-13-4-7-15(8-5-13)18(20,21)22/h4-5,7-8,10-11H,3H2,1-2H3. The van der Waals surface area contributed by atoms with Crippen LogP contribution >= 0.6 is 0 Å². The second-order valence-electron chi connectivity index (χ2n) is 4.96. The van der Waals surface area contributed by atoms with Crippen LogP contribution in [0.15, 0.2) is 36.4 Å². The summed E-state index contributed by atoms with van der Waals surface area (Å²) in [5, 5.41) is 0. The summed E-state index contributed by atoms with van der Waals surface area (Å²) in [6, 6.07) is 7.77. The highest BCUT2D eigenvalue weighted by molar-refractivity contribution is 5.49. The molecule has 0 radical (unpaired) electrons. The Kier molecular flexibility index (Phi) is 4.56. The molecule has 0 atom stereocenters. The van der Waals surface area contributed by atoms with Gasteiger partial charge in [-0.25, -0.2) is 4.39 Å². The molecular weight excluding hydrogens is 292 g/mol. The van der Waals surface area contributed by atoms with Gasteiger partial charge in [-0.15, -0.1) is 0 Å². The van der Waals surface area contributed by atoms with Gasteiger partial charge in [0.1, 0.15) is 5.82 Å². The van der Waals surface area contributed by atoms with Crippen molar-refractivity contribution in [3.05, 3.63) is 70.0 Å². The molecule has 4 heteroatoms. The summed E-state index contributed by atoms with van der Waals surface area (Å²) in [5.74, 6) is 5.04. The van der Waals surface area contributed by atoms with Crippen molar-refractivity contribution in [3.8, 4) is 11.8 Å². The Hall–Kier alpha value is -2.28. The van der Waals surface area contributed by atoms with Crippen molar-refractivity contribution in [3.63, 3.8) is 0 Å². The van der Waals surface area contributed by atoms with E-state index in [1.54, 1.807) is 6.92 Å². The van der Waals surface area contributed by atoms with Gasteiger partial charge in [0.25, 0.3) is 0 Å². The van der Waals surface area contributed by atoms with E-state index in [4.69, 9.17) is 0 Å². The van der Waals surface area contributed by atoms with Crippen LogP contribution in [0, 0.1) is 24.6 Å². The number of halogens is 4. The van der Waals surface area contributed by atoms with Crippen LogP contribution in [0.5, 0.6) is 0 Å². The Morgan fingerprint density at radius 3 is 2.18 bits per heavy atom. The van der Waals surface area contributed by atoms with E-state index < -0.39 is 17.6 Å². The number of hydrogen-bond donors (Lipinski definition) is 0. The molecule has 0 bridgehead atoms. The first-order valence-electron chi connectivity index (χ1n) is 6.79. The summed E-state index contributed by atoms with van der Waals surface area (Å²) in [7, 11) is 0. The topological polar surface area (TPSA) is 0 Å². The van der Waals surface area contributed by atoms with Crippen LogP contribution in [0.3, 0.4) is 0 Å². The molecule has 0 N–H and O–H groups in total. The molecule has 0 saturated carbocycles. The maximum atomic E-state index is 14.0. The highest BCUT2D eigenvalue weighted by atomic mass is 19.4. The molecule has 0 aliphatic carbocycles. The van der Waals surface area contributed by atoms with Crippen molar-refractivity contribution >= 4 is 0 Å². The van der Waals surface area contributed by atoms with Crippen LogP contribution < -0.4 is 0 Å². The predicted octanol–water partition coefficient (Wildman–Crippen LogP) is 5.12. The molecule has 0 aliphatic rings. The molecule has 0 fully saturated rings. The number of hydrogen-bond acceptors (Lipinski definition) is 0. The van der Waals surface area contributed by atoms with E-state index in [1.807, 2.05) is 13.0 Å². The van der Waals surface area contributed by atoms with Crippen LogP contribution in [0.2, 0.25) is 0 Å². The molecule has 0 heterocycles. The Labute approximate surface area is 126 Å². The van der Waals surface area contributed by atoms with Gasteiger partial charge < -0.3 is 0 Å². The fourth-order valence-corrected chi connectivity index (χ4v) is 2.11. The van der Waals surface area contributed by atoms with Crippen LogP contribution in [0.1, 0.15) is 34.7 Å². The molecule has 0 nitrogen and oxygen atoms in total. The zero-order valence-electron chi connectivity index (χ0n) is 12.2. The van der Waals surface area contributed by atoms with Gasteiger partial charge in [-0.1, -0.05) is 24.8 Å². The van der Waals surface area contributed by atoms with Gasteiger partial charge in [-0.05, 0) is 54.8 Å². The molecule has 114 valence electrons. The second-order valence-corrected chi connectivity index (χ2v) is 4.96. The van der Waals surface area contributed by atoms with E-state index in [-0.39, 0.29) is 0 Å². The van der Waals surface area contributed by atoms with Crippen molar-refractivity contribution in [1.82, 2.24) is 0 Å². The molecule has 0 unspecified atom stereocenters. The van der Waals surface area contributed by atoms with Crippen LogP contribution in [0.4, 0.5) is 17.6 Å². The van der Waals surface area contributed by atoms with Gasteiger partial charge in [0.15, 0.2) is 0 Å². The van der Waals surface area contributed by atoms with E-state index in [0.717, 1.165) is 23.3 Å². The molecule has 2 aromatic carbocycles. The number of aryl methyl sites for hydroxylation is 2. The molecule has 2 aromatic rings. The van der Waals surface area contributed by atoms with Crippen molar-refractivity contribution in [2.75, 3.05) is 0 Å². The molecule has 0 spiro atoms. The first-order valence-corrected chi connectivity index (χ1v) is 6.79. The lowest BCUT2D eigenvalue weighted by atomic mass is 10.0. The third kappa shape index (κ3) is 3.67. The Balaban J connectivity index is 2.35. The molecule has 0 aromatic heterocycles. The zero-order valence-corrected chi connectivity index (χ0v) is 12.2. The van der Waals surface area contributed by atoms with Gasteiger partial charge >= 0.3 is 6.18 Å². The molecule has 2 rings (SSSR count). The molecule has 22 heavy (non-hydrogen) atoms. The normalized spacial score (nSPS) is 11.0. The maximum absolute atomic E-state index is 14.0. The van der Waals surface area contributed by atoms with Crippen LogP contribution in [0.25, 0.3) is 0 Å². The highest BCUT2D eigenvalue weighted by Crippen LogP contribution is 2.29. The summed E-state index contributed by atoms with van der Waals surface area (Å²) in [4.78, 5) is 0. The Bertz CT molecular complexity index is 729. The van der Waals surface area contributed by atoms with Gasteiger partial charge in [0.05, 0.1) is 11.1 Å². The summed E-state index contributed by atoms with van der Waals surface area (Å²) in [6.07, 6.45) is -3.74. The average molecular weight is 306 g/mol. The summed E-state index contributed by atoms with van der Waals surface area (Å²) in [5.41, 5.74) is 1.59. The van der Waals surface area contributed by atoms with Crippen LogP contribution in [-0.2, 0) is 12.6 Å². The summed E-state index contributed by atoms with van der Waals surface area (Å²) >= 11 is 0. The molecule has 0 saturated heterocycles. The van der Waals surface area contributed by atoms with E-state index in [9.17, 15) is 17.6 Å². The molecular formula is C18H14F4. The van der Waals surface area contributed by atoms with Crippen LogP contribution in [-0.4, -0.2) is 0 Å². The lowest BCUT2D eigenvalue weighted by molar-refractivity contribution is -0.137. The smallest absolute Gasteiger partial charge is 0.206 e. The van der Waals surface area contributed by atoms with Crippen molar-refractivity contribution in [1.29, 1.82) is 0 Å². The molecule has 0 aliphatic heterocycles. The van der Waals surface area contributed by atoms with Gasteiger partial charge in [0.2, 0.25) is 0 Å². The van der Waals surface area contributed by atoms with Crippen molar-refractivity contribution in [2.45, 2.75) is 26.4 Å². The zero-order chi connectivity index (χ0) is 16.3. The maximum Gasteiger partial charge on any atom is 0.416 e. The van der Waals surface area contributed by atoms with Crippen molar-refractivity contribution in [2.24, 2.45) is 0 Å². The second kappa shape index (κ2) is 6.23. The number of rotatable bonds is 1. The Morgan fingerprint density at radius 2 is 1.64 bits per heavy atom. The van der Waals surface area contributed by atoms with E-state index in [0.29, 0.717) is 17.5 Å². The Morgan fingerprint density at radius 1 is 1.00 bits per heavy atom. The largest absolute Gasteiger partial charge is 0.416 e. The van der Waals surface area contributed by atoms with E-state index >= 15 is 0 Å². The summed E-state index contributed by atoms with van der Waals surface area (Å²) in [6.45, 7) is 3.70.